The number of benzene rings is 1. The van der Waals surface area contributed by atoms with E-state index in [1.54, 1.807) is 24.1 Å². The summed E-state index contributed by atoms with van der Waals surface area (Å²) in [5, 5.41) is 6.66. The van der Waals surface area contributed by atoms with E-state index in [9.17, 15) is 0 Å². The molecule has 6 nitrogen and oxygen atoms in total. The van der Waals surface area contributed by atoms with Crippen molar-refractivity contribution < 1.29 is 0 Å². The van der Waals surface area contributed by atoms with Crippen LogP contribution in [-0.4, -0.2) is 36.1 Å². The van der Waals surface area contributed by atoms with Crippen molar-refractivity contribution in [1.82, 2.24) is 15.0 Å². The number of nitrogens with zero attached hydrogens (tertiary/aromatic N) is 4. The van der Waals surface area contributed by atoms with Crippen LogP contribution >= 0.6 is 27.5 Å². The van der Waals surface area contributed by atoms with Crippen molar-refractivity contribution in [3.63, 3.8) is 0 Å². The zero-order valence-corrected chi connectivity index (χ0v) is 13.6. The van der Waals surface area contributed by atoms with Crippen LogP contribution in [0, 0.1) is 0 Å². The normalized spacial score (nSPS) is 10.2. The summed E-state index contributed by atoms with van der Waals surface area (Å²) >= 11 is 9.44. The van der Waals surface area contributed by atoms with E-state index in [0.29, 0.717) is 22.9 Å². The Balaban J connectivity index is 2.37. The Hall–Kier alpha value is -1.60. The highest BCUT2D eigenvalue weighted by molar-refractivity contribution is 9.10. The largest absolute Gasteiger partial charge is 0.357 e. The number of anilines is 4. The molecule has 2 aromatic rings. The monoisotopic (exact) mass is 356 g/mol. The standard InChI is InChI=1S/C12H14BrClN6/c1-15-10-17-11(19-12(18-10)20(2)3)16-9-6-7(14)4-5-8(9)13/h4-6H,1-3H3,(H2,15,16,17,18,19). The Kier molecular flexibility index (Phi) is 4.61. The lowest BCUT2D eigenvalue weighted by atomic mass is 10.3. The lowest BCUT2D eigenvalue weighted by molar-refractivity contribution is 0.963. The number of hydrogen-bond donors (Lipinski definition) is 2. The summed E-state index contributed by atoms with van der Waals surface area (Å²) in [6, 6.07) is 5.45. The van der Waals surface area contributed by atoms with E-state index in [1.807, 2.05) is 20.2 Å². The molecule has 8 heteroatoms. The van der Waals surface area contributed by atoms with E-state index in [0.717, 1.165) is 10.2 Å². The average Bonchev–Trinajstić information content (AvgIpc) is 2.42. The van der Waals surface area contributed by atoms with Gasteiger partial charge in [0.15, 0.2) is 0 Å². The predicted molar refractivity (Wildman–Crippen MR) is 86.1 cm³/mol. The van der Waals surface area contributed by atoms with Crippen LogP contribution in [0.25, 0.3) is 0 Å². The van der Waals surface area contributed by atoms with Crippen molar-refractivity contribution >= 4 is 51.1 Å². The molecule has 0 unspecified atom stereocenters. The van der Waals surface area contributed by atoms with Crippen LogP contribution in [0.3, 0.4) is 0 Å². The van der Waals surface area contributed by atoms with Gasteiger partial charge in [0.1, 0.15) is 0 Å². The van der Waals surface area contributed by atoms with Crippen molar-refractivity contribution in [1.29, 1.82) is 0 Å². The minimum Gasteiger partial charge on any atom is -0.357 e. The number of halogens is 2. The molecule has 0 aliphatic rings. The molecule has 2 N–H and O–H groups in total. The molecule has 106 valence electrons. The smallest absolute Gasteiger partial charge is 0.233 e. The minimum absolute atomic E-state index is 0.441. The van der Waals surface area contributed by atoms with Gasteiger partial charge in [0.05, 0.1) is 5.69 Å². The van der Waals surface area contributed by atoms with Gasteiger partial charge >= 0.3 is 0 Å². The van der Waals surface area contributed by atoms with Gasteiger partial charge in [-0.1, -0.05) is 11.6 Å². The molecule has 0 aliphatic carbocycles. The third-order valence-electron chi connectivity index (χ3n) is 2.42. The lowest BCUT2D eigenvalue weighted by Gasteiger charge is -2.13. The Bertz CT molecular complexity index is 619. The molecule has 1 heterocycles. The molecule has 0 radical (unpaired) electrons. The molecule has 0 amide bonds. The summed E-state index contributed by atoms with van der Waals surface area (Å²) < 4.78 is 0.875. The summed E-state index contributed by atoms with van der Waals surface area (Å²) in [5.41, 5.74) is 0.787. The summed E-state index contributed by atoms with van der Waals surface area (Å²) in [6.07, 6.45) is 0. The first-order chi connectivity index (χ1) is 9.49. The number of nitrogens with one attached hydrogen (secondary N) is 2. The molecule has 0 spiro atoms. The molecule has 0 fully saturated rings. The van der Waals surface area contributed by atoms with E-state index < -0.39 is 0 Å². The number of rotatable bonds is 4. The van der Waals surface area contributed by atoms with Gasteiger partial charge in [-0.05, 0) is 34.1 Å². The van der Waals surface area contributed by atoms with E-state index in [-0.39, 0.29) is 0 Å². The van der Waals surface area contributed by atoms with Gasteiger partial charge < -0.3 is 15.5 Å². The van der Waals surface area contributed by atoms with Crippen LogP contribution in [0.1, 0.15) is 0 Å². The molecular formula is C12H14BrClN6. The summed E-state index contributed by atoms with van der Waals surface area (Å²) in [6.45, 7) is 0. The van der Waals surface area contributed by atoms with E-state index >= 15 is 0 Å². The molecule has 1 aromatic carbocycles. The van der Waals surface area contributed by atoms with Crippen LogP contribution in [0.4, 0.5) is 23.5 Å². The van der Waals surface area contributed by atoms with Crippen molar-refractivity contribution in [2.24, 2.45) is 0 Å². The second kappa shape index (κ2) is 6.23. The Labute approximate surface area is 130 Å². The zero-order chi connectivity index (χ0) is 14.7. The molecule has 0 aliphatic heterocycles. The van der Waals surface area contributed by atoms with Gasteiger partial charge in [0, 0.05) is 30.6 Å². The first-order valence-corrected chi connectivity index (χ1v) is 7.00. The van der Waals surface area contributed by atoms with Crippen LogP contribution in [-0.2, 0) is 0 Å². The Morgan fingerprint density at radius 3 is 2.50 bits per heavy atom. The highest BCUT2D eigenvalue weighted by atomic mass is 79.9. The molecule has 1 aromatic heterocycles. The molecule has 2 rings (SSSR count). The van der Waals surface area contributed by atoms with Gasteiger partial charge in [-0.25, -0.2) is 0 Å². The lowest BCUT2D eigenvalue weighted by Crippen LogP contribution is -2.15. The van der Waals surface area contributed by atoms with Crippen molar-refractivity contribution in [2.75, 3.05) is 36.7 Å². The van der Waals surface area contributed by atoms with Crippen LogP contribution in [0.15, 0.2) is 22.7 Å². The van der Waals surface area contributed by atoms with Crippen molar-refractivity contribution in [3.8, 4) is 0 Å². The molecule has 0 saturated heterocycles. The van der Waals surface area contributed by atoms with Crippen LogP contribution in [0.2, 0.25) is 5.02 Å². The fraction of sp³-hybridized carbons (Fsp3) is 0.250. The van der Waals surface area contributed by atoms with E-state index in [4.69, 9.17) is 11.6 Å². The van der Waals surface area contributed by atoms with E-state index in [1.165, 1.54) is 0 Å². The second-order valence-corrected chi connectivity index (χ2v) is 5.47. The molecular weight excluding hydrogens is 344 g/mol. The van der Waals surface area contributed by atoms with Gasteiger partial charge in [0.25, 0.3) is 0 Å². The van der Waals surface area contributed by atoms with Crippen molar-refractivity contribution in [2.45, 2.75) is 0 Å². The van der Waals surface area contributed by atoms with Gasteiger partial charge in [-0.15, -0.1) is 0 Å². The minimum atomic E-state index is 0.441. The molecule has 0 saturated carbocycles. The maximum Gasteiger partial charge on any atom is 0.233 e. The fourth-order valence-corrected chi connectivity index (χ4v) is 1.96. The van der Waals surface area contributed by atoms with E-state index in [2.05, 4.69) is 41.5 Å². The topological polar surface area (TPSA) is 66.0 Å². The quantitative estimate of drug-likeness (QED) is 0.876. The SMILES string of the molecule is CNc1nc(Nc2cc(Cl)ccc2Br)nc(N(C)C)n1. The average molecular weight is 358 g/mol. The van der Waals surface area contributed by atoms with Gasteiger partial charge in [0.2, 0.25) is 17.8 Å². The fourth-order valence-electron chi connectivity index (χ4n) is 1.45. The molecule has 20 heavy (non-hydrogen) atoms. The first-order valence-electron chi connectivity index (χ1n) is 5.83. The van der Waals surface area contributed by atoms with Crippen LogP contribution < -0.4 is 15.5 Å². The van der Waals surface area contributed by atoms with Crippen LogP contribution in [0.5, 0.6) is 0 Å². The third-order valence-corrected chi connectivity index (χ3v) is 3.35. The number of hydrogen-bond acceptors (Lipinski definition) is 6. The van der Waals surface area contributed by atoms with Crippen molar-refractivity contribution in [3.05, 3.63) is 27.7 Å². The maximum absolute atomic E-state index is 5.99. The first kappa shape index (κ1) is 14.8. The van der Waals surface area contributed by atoms with Gasteiger partial charge in [-0.2, -0.15) is 15.0 Å². The summed E-state index contributed by atoms with van der Waals surface area (Å²) in [5.74, 6) is 1.49. The Morgan fingerprint density at radius 1 is 1.15 bits per heavy atom. The highest BCUT2D eigenvalue weighted by Crippen LogP contribution is 2.28. The number of aromatic nitrogens is 3. The predicted octanol–water partition coefficient (Wildman–Crippen LogP) is 3.14. The Morgan fingerprint density at radius 2 is 1.85 bits per heavy atom. The maximum atomic E-state index is 5.99. The molecule has 0 bridgehead atoms. The summed E-state index contributed by atoms with van der Waals surface area (Å²) in [4.78, 5) is 14.7. The zero-order valence-electron chi connectivity index (χ0n) is 11.3. The molecule has 0 atom stereocenters. The second-order valence-electron chi connectivity index (χ2n) is 4.18. The third kappa shape index (κ3) is 3.49. The summed E-state index contributed by atoms with van der Waals surface area (Å²) in [7, 11) is 5.50. The van der Waals surface area contributed by atoms with Gasteiger partial charge in [-0.3, -0.25) is 0 Å². The highest BCUT2D eigenvalue weighted by Gasteiger charge is 2.09.